The maximum absolute atomic E-state index is 12.4. The number of fused-ring (bicyclic) bond motifs is 2. The van der Waals surface area contributed by atoms with Gasteiger partial charge in [-0.05, 0) is 24.3 Å². The molecule has 0 saturated carbocycles. The van der Waals surface area contributed by atoms with E-state index in [1.54, 1.807) is 0 Å². The Kier molecular flexibility index (Phi) is 9.98. The van der Waals surface area contributed by atoms with Crippen LogP contribution in [-0.4, -0.2) is 50.7 Å². The zero-order valence-corrected chi connectivity index (χ0v) is 25.0. The number of carbonyl (C=O) groups is 3. The van der Waals surface area contributed by atoms with Gasteiger partial charge in [0.05, 0.1) is 27.4 Å². The van der Waals surface area contributed by atoms with Gasteiger partial charge in [-0.3, -0.25) is 24.3 Å². The predicted molar refractivity (Wildman–Crippen MR) is 143 cm³/mol. The average molecular weight is 629 g/mol. The summed E-state index contributed by atoms with van der Waals surface area (Å²) < 4.78 is 31.5. The zero-order valence-electron chi connectivity index (χ0n) is 22.2. The number of nitro groups is 1. The van der Waals surface area contributed by atoms with Crippen molar-refractivity contribution in [3.05, 3.63) is 111 Å². The number of aromatic hydroxyl groups is 2. The molecule has 0 radical (unpaired) electrons. The first-order valence-electron chi connectivity index (χ1n) is 11.7. The Bertz CT molecular complexity index is 1990. The molecule has 0 saturated heterocycles. The number of hydrogen-bond donors (Lipinski definition) is 4. The molecule has 4 N–H and O–H groups in total. The molecule has 0 aliphatic heterocycles. The summed E-state index contributed by atoms with van der Waals surface area (Å²) in [4.78, 5) is 44.6. The predicted octanol–water partition coefficient (Wildman–Crippen LogP) is 0.906. The summed E-state index contributed by atoms with van der Waals surface area (Å²) in [6.07, 6.45) is 0. The third-order valence-electron chi connectivity index (χ3n) is 5.92. The van der Waals surface area contributed by atoms with Gasteiger partial charge in [-0.2, -0.15) is 18.6 Å². The molecule has 15 nitrogen and oxygen atoms in total. The molecule has 44 heavy (non-hydrogen) atoms. The average Bonchev–Trinajstić information content (AvgIpc) is 2.96. The number of azo groups is 1. The Balaban J connectivity index is 0.000000235. The SMILES string of the molecule is O=C(O)c1cc(N=Nc2cccc([N+](=O)[O-])c2)ccc1[O-].O=C1c2ccccc2C(=O)c2c1cc(S(=O)(=O)O)c(O)c2O.[Na+]. The molecule has 0 unspecified atom stereocenters. The van der Waals surface area contributed by atoms with Crippen molar-refractivity contribution < 1.29 is 82.3 Å². The number of nitro benzene ring substituents is 1. The summed E-state index contributed by atoms with van der Waals surface area (Å²) in [5, 5.41) is 57.8. The molecule has 0 amide bonds. The molecule has 218 valence electrons. The van der Waals surface area contributed by atoms with E-state index in [-0.39, 0.29) is 57.7 Å². The minimum absolute atomic E-state index is 0. The normalized spacial score (nSPS) is 11.9. The molecule has 0 heterocycles. The summed E-state index contributed by atoms with van der Waals surface area (Å²) in [6.45, 7) is 0. The van der Waals surface area contributed by atoms with Crippen molar-refractivity contribution in [1.82, 2.24) is 0 Å². The van der Waals surface area contributed by atoms with Crippen molar-refractivity contribution in [3.63, 3.8) is 0 Å². The van der Waals surface area contributed by atoms with Crippen LogP contribution in [0.15, 0.2) is 87.9 Å². The fourth-order valence-electron chi connectivity index (χ4n) is 3.93. The number of aromatic carboxylic acids is 1. The Morgan fingerprint density at radius 1 is 0.795 bits per heavy atom. The van der Waals surface area contributed by atoms with Gasteiger partial charge in [0, 0.05) is 28.8 Å². The van der Waals surface area contributed by atoms with Gasteiger partial charge in [0.1, 0.15) is 4.90 Å². The Hall–Kier alpha value is -5.00. The van der Waals surface area contributed by atoms with Crippen LogP contribution in [0.3, 0.4) is 0 Å². The standard InChI is InChI=1S/C14H8O7S.C13H9N3O5.Na/c15-11-6-3-1-2-4-7(6)12(16)10-8(11)5-9(22(19,20)21)13(17)14(10)18;17-12-5-4-9(7-11(12)13(18)19)15-14-8-2-1-3-10(6-8)16(20)21;/h1-5,17-18H,(H,19,20,21);1-7,17H,(H,18,19);/q;;+1/p-1. The number of carboxylic acids is 1. The molecule has 0 fully saturated rings. The number of benzene rings is 4. The van der Waals surface area contributed by atoms with Gasteiger partial charge < -0.3 is 20.4 Å². The molecular weight excluding hydrogens is 613 g/mol. The number of carbonyl (C=O) groups excluding carboxylic acids is 2. The number of phenols is 2. The number of hydrogen-bond acceptors (Lipinski definition) is 12. The van der Waals surface area contributed by atoms with E-state index in [4.69, 9.17) is 9.66 Å². The molecule has 4 aromatic rings. The van der Waals surface area contributed by atoms with Crippen molar-refractivity contribution >= 4 is 44.7 Å². The van der Waals surface area contributed by atoms with Gasteiger partial charge in [-0.15, -0.1) is 0 Å². The fraction of sp³-hybridized carbons (Fsp3) is 0. The molecular formula is C27H16N3NaO12S. The van der Waals surface area contributed by atoms with Gasteiger partial charge in [0.15, 0.2) is 23.1 Å². The van der Waals surface area contributed by atoms with E-state index in [1.807, 2.05) is 0 Å². The minimum Gasteiger partial charge on any atom is -0.872 e. The van der Waals surface area contributed by atoms with Crippen LogP contribution in [0.4, 0.5) is 17.1 Å². The molecule has 0 spiro atoms. The second-order valence-electron chi connectivity index (χ2n) is 8.64. The third kappa shape index (κ3) is 6.80. The van der Waals surface area contributed by atoms with Crippen molar-refractivity contribution in [1.29, 1.82) is 0 Å². The zero-order chi connectivity index (χ0) is 31.6. The number of nitrogens with zero attached hydrogens (tertiary/aromatic N) is 3. The number of non-ortho nitro benzene ring substituents is 1. The summed E-state index contributed by atoms with van der Waals surface area (Å²) in [5.74, 6) is -5.63. The quantitative estimate of drug-likeness (QED) is 0.0528. The molecule has 1 aliphatic rings. The Morgan fingerprint density at radius 2 is 1.39 bits per heavy atom. The number of phenolic OH excluding ortho intramolecular Hbond substituents is 2. The first-order valence-corrected chi connectivity index (χ1v) is 13.1. The molecule has 1 aliphatic carbocycles. The topological polar surface area (TPSA) is 257 Å². The van der Waals surface area contributed by atoms with Gasteiger partial charge in [-0.25, -0.2) is 4.79 Å². The van der Waals surface area contributed by atoms with Crippen molar-refractivity contribution in [2.75, 3.05) is 0 Å². The second-order valence-corrected chi connectivity index (χ2v) is 10.0. The van der Waals surface area contributed by atoms with Crippen molar-refractivity contribution in [3.8, 4) is 17.2 Å². The summed E-state index contributed by atoms with van der Waals surface area (Å²) in [7, 11) is -4.88. The molecule has 4 aromatic carbocycles. The van der Waals surface area contributed by atoms with Gasteiger partial charge in [-0.1, -0.05) is 42.1 Å². The molecule has 0 atom stereocenters. The number of rotatable bonds is 5. The number of ketones is 2. The van der Waals surface area contributed by atoms with E-state index >= 15 is 0 Å². The van der Waals surface area contributed by atoms with Crippen LogP contribution in [0, 0.1) is 10.1 Å². The largest absolute Gasteiger partial charge is 1.00 e. The molecule has 17 heteroatoms. The van der Waals surface area contributed by atoms with E-state index in [1.165, 1.54) is 54.6 Å². The monoisotopic (exact) mass is 629 g/mol. The van der Waals surface area contributed by atoms with E-state index in [0.717, 1.165) is 12.1 Å². The second kappa shape index (κ2) is 13.1. The van der Waals surface area contributed by atoms with Crippen molar-refractivity contribution in [2.24, 2.45) is 10.2 Å². The molecule has 0 bridgehead atoms. The summed E-state index contributed by atoms with van der Waals surface area (Å²) in [5.41, 5.74) is -0.940. The molecule has 5 rings (SSSR count). The first kappa shape index (κ1) is 33.5. The minimum atomic E-state index is -4.88. The van der Waals surface area contributed by atoms with Crippen LogP contribution < -0.4 is 34.7 Å². The maximum Gasteiger partial charge on any atom is 1.00 e. The first-order chi connectivity index (χ1) is 20.2. The third-order valence-corrected chi connectivity index (χ3v) is 6.79. The Labute approximate surface area is 269 Å². The van der Waals surface area contributed by atoms with Gasteiger partial charge >= 0.3 is 35.5 Å². The van der Waals surface area contributed by atoms with Gasteiger partial charge in [0.25, 0.3) is 15.8 Å². The van der Waals surface area contributed by atoms with Crippen LogP contribution >= 0.6 is 0 Å². The van der Waals surface area contributed by atoms with E-state index in [9.17, 15) is 48.2 Å². The summed E-state index contributed by atoms with van der Waals surface area (Å²) in [6, 6.07) is 15.5. The smallest absolute Gasteiger partial charge is 0.872 e. The van der Waals surface area contributed by atoms with Crippen LogP contribution in [0.5, 0.6) is 17.2 Å². The molecule has 0 aromatic heterocycles. The fourth-order valence-corrected chi connectivity index (χ4v) is 4.54. The van der Waals surface area contributed by atoms with Crippen molar-refractivity contribution in [2.45, 2.75) is 4.90 Å². The number of carboxylic acid groups (broad SMARTS) is 1. The van der Waals surface area contributed by atoms with E-state index < -0.39 is 71.4 Å². The van der Waals surface area contributed by atoms with Crippen LogP contribution in [0.1, 0.15) is 42.2 Å². The summed E-state index contributed by atoms with van der Waals surface area (Å²) >= 11 is 0. The van der Waals surface area contributed by atoms with Crippen LogP contribution in [-0.2, 0) is 10.1 Å². The Morgan fingerprint density at radius 3 is 1.95 bits per heavy atom. The van der Waals surface area contributed by atoms with E-state index in [2.05, 4.69) is 10.2 Å². The van der Waals surface area contributed by atoms with Gasteiger partial charge in [0.2, 0.25) is 0 Å². The van der Waals surface area contributed by atoms with E-state index in [0.29, 0.717) is 6.07 Å². The van der Waals surface area contributed by atoms with Crippen LogP contribution in [0.2, 0.25) is 0 Å². The maximum atomic E-state index is 12.4. The van der Waals surface area contributed by atoms with Crippen LogP contribution in [0.25, 0.3) is 0 Å².